The van der Waals surface area contributed by atoms with Crippen molar-refractivity contribution in [1.82, 2.24) is 9.80 Å². The van der Waals surface area contributed by atoms with E-state index in [-0.39, 0.29) is 11.9 Å². The Bertz CT molecular complexity index is 250. The molecule has 0 radical (unpaired) electrons. The van der Waals surface area contributed by atoms with Crippen molar-refractivity contribution in [2.45, 2.75) is 19.8 Å². The van der Waals surface area contributed by atoms with Crippen molar-refractivity contribution in [3.05, 3.63) is 0 Å². The number of aliphatic imine (C=N–C) groups is 1. The van der Waals surface area contributed by atoms with Crippen LogP contribution in [0, 0.1) is 5.41 Å². The lowest BCUT2D eigenvalue weighted by molar-refractivity contribution is 0.179. The van der Waals surface area contributed by atoms with Gasteiger partial charge in [-0.2, -0.15) is 4.99 Å². The largest absolute Gasteiger partial charge is 0.370 e. The van der Waals surface area contributed by atoms with Gasteiger partial charge in [-0.3, -0.25) is 10.3 Å². The highest BCUT2D eigenvalue weighted by atomic mass is 15.3. The van der Waals surface area contributed by atoms with E-state index in [0.717, 1.165) is 32.7 Å². The van der Waals surface area contributed by atoms with E-state index >= 15 is 0 Å². The lowest BCUT2D eigenvalue weighted by Gasteiger charge is -2.34. The zero-order chi connectivity index (χ0) is 12.0. The molecule has 0 amide bonds. The van der Waals surface area contributed by atoms with E-state index in [1.807, 2.05) is 4.90 Å². The summed E-state index contributed by atoms with van der Waals surface area (Å²) >= 11 is 0. The summed E-state index contributed by atoms with van der Waals surface area (Å²) in [5, 5.41) is 7.68. The average Bonchev–Trinajstić information content (AvgIpc) is 2.26. The van der Waals surface area contributed by atoms with Crippen LogP contribution in [0.5, 0.6) is 0 Å². The SMILES string of the molecule is CCCCN1CCN(C(=N)N=C(N)N)CC1. The predicted octanol–water partition coefficient (Wildman–Crippen LogP) is -0.388. The molecule has 1 fully saturated rings. The number of piperazine rings is 1. The van der Waals surface area contributed by atoms with Gasteiger partial charge in [0.1, 0.15) is 0 Å². The fraction of sp³-hybridized carbons (Fsp3) is 0.800. The maximum atomic E-state index is 7.68. The van der Waals surface area contributed by atoms with Gasteiger partial charge in [-0.1, -0.05) is 13.3 Å². The van der Waals surface area contributed by atoms with E-state index in [0.29, 0.717) is 0 Å². The molecule has 6 heteroatoms. The molecule has 16 heavy (non-hydrogen) atoms. The fourth-order valence-electron chi connectivity index (χ4n) is 1.76. The Morgan fingerprint density at radius 1 is 1.25 bits per heavy atom. The molecule has 1 rings (SSSR count). The van der Waals surface area contributed by atoms with Crippen LogP contribution in [0.15, 0.2) is 4.99 Å². The van der Waals surface area contributed by atoms with Crippen LogP contribution in [-0.2, 0) is 0 Å². The predicted molar refractivity (Wildman–Crippen MR) is 66.5 cm³/mol. The summed E-state index contributed by atoms with van der Waals surface area (Å²) in [6, 6.07) is 0. The normalized spacial score (nSPS) is 17.2. The van der Waals surface area contributed by atoms with E-state index in [9.17, 15) is 0 Å². The van der Waals surface area contributed by atoms with Gasteiger partial charge in [0.05, 0.1) is 0 Å². The van der Waals surface area contributed by atoms with Gasteiger partial charge >= 0.3 is 0 Å². The minimum atomic E-state index is -0.0431. The molecule has 1 saturated heterocycles. The molecular weight excluding hydrogens is 204 g/mol. The quantitative estimate of drug-likeness (QED) is 0.451. The third kappa shape index (κ3) is 4.06. The van der Waals surface area contributed by atoms with Gasteiger partial charge in [-0.05, 0) is 13.0 Å². The summed E-state index contributed by atoms with van der Waals surface area (Å²) < 4.78 is 0. The van der Waals surface area contributed by atoms with Crippen molar-refractivity contribution in [3.8, 4) is 0 Å². The van der Waals surface area contributed by atoms with Gasteiger partial charge in [-0.15, -0.1) is 0 Å². The Morgan fingerprint density at radius 2 is 1.88 bits per heavy atom. The van der Waals surface area contributed by atoms with Crippen LogP contribution in [0.2, 0.25) is 0 Å². The minimum absolute atomic E-state index is 0.0431. The van der Waals surface area contributed by atoms with E-state index in [2.05, 4.69) is 16.8 Å². The van der Waals surface area contributed by atoms with Gasteiger partial charge in [-0.25, -0.2) is 0 Å². The molecule has 0 aromatic rings. The smallest absolute Gasteiger partial charge is 0.221 e. The van der Waals surface area contributed by atoms with Crippen LogP contribution in [0.3, 0.4) is 0 Å². The second-order valence-electron chi connectivity index (χ2n) is 4.04. The first-order valence-electron chi connectivity index (χ1n) is 5.79. The van der Waals surface area contributed by atoms with E-state index < -0.39 is 0 Å². The van der Waals surface area contributed by atoms with E-state index in [4.69, 9.17) is 16.9 Å². The Hall–Kier alpha value is -1.30. The molecule has 0 unspecified atom stereocenters. The van der Waals surface area contributed by atoms with Gasteiger partial charge < -0.3 is 16.4 Å². The molecule has 0 bridgehead atoms. The summed E-state index contributed by atoms with van der Waals surface area (Å²) in [6.45, 7) is 6.99. The van der Waals surface area contributed by atoms with Crippen LogP contribution in [0.25, 0.3) is 0 Å². The molecule has 6 nitrogen and oxygen atoms in total. The van der Waals surface area contributed by atoms with Crippen molar-refractivity contribution >= 4 is 11.9 Å². The van der Waals surface area contributed by atoms with Gasteiger partial charge in [0.2, 0.25) is 5.96 Å². The fourth-order valence-corrected chi connectivity index (χ4v) is 1.76. The summed E-state index contributed by atoms with van der Waals surface area (Å²) in [6.07, 6.45) is 2.47. The molecule has 5 N–H and O–H groups in total. The van der Waals surface area contributed by atoms with Crippen LogP contribution < -0.4 is 11.5 Å². The van der Waals surface area contributed by atoms with E-state index in [1.54, 1.807) is 0 Å². The summed E-state index contributed by atoms with van der Waals surface area (Å²) in [7, 11) is 0. The van der Waals surface area contributed by atoms with Crippen LogP contribution in [0.4, 0.5) is 0 Å². The number of unbranched alkanes of at least 4 members (excludes halogenated alkanes) is 1. The number of rotatable bonds is 3. The standard InChI is InChI=1S/C10H22N6/c1-2-3-4-15-5-7-16(8-6-15)10(13)14-9(11)12/h2-8H2,1H3,(H5,11,12,13,14). The van der Waals surface area contributed by atoms with Gasteiger partial charge in [0.15, 0.2) is 5.96 Å². The van der Waals surface area contributed by atoms with Crippen LogP contribution >= 0.6 is 0 Å². The lowest BCUT2D eigenvalue weighted by Crippen LogP contribution is -2.48. The Balaban J connectivity index is 2.31. The molecule has 0 aromatic heterocycles. The topological polar surface area (TPSA) is 94.7 Å². The van der Waals surface area contributed by atoms with Crippen molar-refractivity contribution in [2.75, 3.05) is 32.7 Å². The first-order chi connectivity index (χ1) is 7.63. The molecule has 0 saturated carbocycles. The van der Waals surface area contributed by atoms with Crippen molar-refractivity contribution < 1.29 is 0 Å². The Labute approximate surface area is 96.8 Å². The Morgan fingerprint density at radius 3 is 2.38 bits per heavy atom. The maximum absolute atomic E-state index is 7.68. The number of nitrogens with zero attached hydrogens (tertiary/aromatic N) is 3. The number of hydrogen-bond donors (Lipinski definition) is 3. The first kappa shape index (κ1) is 12.8. The maximum Gasteiger partial charge on any atom is 0.221 e. The number of nitrogens with two attached hydrogens (primary N) is 2. The van der Waals surface area contributed by atoms with E-state index in [1.165, 1.54) is 12.8 Å². The molecule has 1 heterocycles. The monoisotopic (exact) mass is 226 g/mol. The van der Waals surface area contributed by atoms with Crippen molar-refractivity contribution in [2.24, 2.45) is 16.5 Å². The summed E-state index contributed by atoms with van der Waals surface area (Å²) in [5.41, 5.74) is 10.5. The highest BCUT2D eigenvalue weighted by Gasteiger charge is 2.18. The molecule has 92 valence electrons. The van der Waals surface area contributed by atoms with Gasteiger partial charge in [0, 0.05) is 26.2 Å². The highest BCUT2D eigenvalue weighted by molar-refractivity contribution is 5.91. The van der Waals surface area contributed by atoms with Crippen molar-refractivity contribution in [3.63, 3.8) is 0 Å². The first-order valence-corrected chi connectivity index (χ1v) is 5.79. The molecule has 0 aromatic carbocycles. The summed E-state index contributed by atoms with van der Waals surface area (Å²) in [5.74, 6) is 0.133. The van der Waals surface area contributed by atoms with Gasteiger partial charge in [0.25, 0.3) is 0 Å². The summed E-state index contributed by atoms with van der Waals surface area (Å²) in [4.78, 5) is 8.08. The Kier molecular flexibility index (Phi) is 5.04. The zero-order valence-electron chi connectivity index (χ0n) is 9.95. The number of guanidine groups is 2. The average molecular weight is 226 g/mol. The number of nitrogens with one attached hydrogen (secondary N) is 1. The molecular formula is C10H22N6. The zero-order valence-corrected chi connectivity index (χ0v) is 9.95. The molecule has 1 aliphatic heterocycles. The molecule has 0 spiro atoms. The van der Waals surface area contributed by atoms with Crippen LogP contribution in [-0.4, -0.2) is 54.4 Å². The van der Waals surface area contributed by atoms with Crippen molar-refractivity contribution in [1.29, 1.82) is 5.41 Å². The minimum Gasteiger partial charge on any atom is -0.370 e. The molecule has 0 atom stereocenters. The highest BCUT2D eigenvalue weighted by Crippen LogP contribution is 2.04. The second-order valence-corrected chi connectivity index (χ2v) is 4.04. The lowest BCUT2D eigenvalue weighted by atomic mass is 10.2. The third-order valence-corrected chi connectivity index (χ3v) is 2.73. The third-order valence-electron chi connectivity index (χ3n) is 2.73. The molecule has 0 aliphatic carbocycles. The molecule has 1 aliphatic rings. The van der Waals surface area contributed by atoms with Crippen LogP contribution in [0.1, 0.15) is 19.8 Å². The number of hydrogen-bond acceptors (Lipinski definition) is 2. The second kappa shape index (κ2) is 6.32.